The van der Waals surface area contributed by atoms with Crippen molar-refractivity contribution in [2.75, 3.05) is 13.7 Å². The highest BCUT2D eigenvalue weighted by Gasteiger charge is 2.20. The van der Waals surface area contributed by atoms with Crippen molar-refractivity contribution in [3.05, 3.63) is 10.6 Å². The molecule has 1 aromatic rings. The van der Waals surface area contributed by atoms with Crippen LogP contribution >= 0.6 is 12.2 Å². The summed E-state index contributed by atoms with van der Waals surface area (Å²) in [6, 6.07) is 0. The number of nitrogens with zero attached hydrogens (tertiary/aromatic N) is 2. The topological polar surface area (TPSA) is 63.1 Å². The second kappa shape index (κ2) is 5.56. The zero-order chi connectivity index (χ0) is 12.2. The molecule has 0 aliphatic carbocycles. The van der Waals surface area contributed by atoms with Crippen molar-refractivity contribution < 1.29 is 9.84 Å². The van der Waals surface area contributed by atoms with Gasteiger partial charge in [-0.2, -0.15) is 5.10 Å². The molecule has 0 fully saturated rings. The molecule has 92 valence electrons. The summed E-state index contributed by atoms with van der Waals surface area (Å²) in [6.45, 7) is 5.62. The fourth-order valence-corrected chi connectivity index (χ4v) is 1.74. The Labute approximate surface area is 100 Å². The van der Waals surface area contributed by atoms with Crippen LogP contribution in [0.15, 0.2) is 0 Å². The fourth-order valence-electron chi connectivity index (χ4n) is 1.52. The standard InChI is InChI=1S/C10H19N3O2S/c1-10(2,4-5-15-3)7-13-8(6-14)11-12-9(13)16/h14H,4-7H2,1-3H3,(H,12,16). The third-order valence-corrected chi connectivity index (χ3v) is 2.86. The average molecular weight is 245 g/mol. The first kappa shape index (κ1) is 13.3. The van der Waals surface area contributed by atoms with Gasteiger partial charge in [0.05, 0.1) is 0 Å². The van der Waals surface area contributed by atoms with Gasteiger partial charge < -0.3 is 14.4 Å². The minimum absolute atomic E-state index is 0.0576. The molecule has 5 nitrogen and oxygen atoms in total. The molecule has 1 rings (SSSR count). The van der Waals surface area contributed by atoms with E-state index < -0.39 is 0 Å². The Morgan fingerprint density at radius 3 is 2.81 bits per heavy atom. The Morgan fingerprint density at radius 2 is 2.25 bits per heavy atom. The van der Waals surface area contributed by atoms with Gasteiger partial charge in [0.25, 0.3) is 0 Å². The highest BCUT2D eigenvalue weighted by atomic mass is 32.1. The summed E-state index contributed by atoms with van der Waals surface area (Å²) in [4.78, 5) is 0. The molecule has 0 saturated heterocycles. The molecule has 0 spiro atoms. The molecule has 0 aliphatic heterocycles. The first-order chi connectivity index (χ1) is 7.50. The number of H-pyrrole nitrogens is 1. The van der Waals surface area contributed by atoms with E-state index in [4.69, 9.17) is 22.1 Å². The minimum atomic E-state index is -0.104. The van der Waals surface area contributed by atoms with Crippen molar-refractivity contribution in [2.45, 2.75) is 33.4 Å². The summed E-state index contributed by atoms with van der Waals surface area (Å²) in [7, 11) is 1.69. The Kier molecular flexibility index (Phi) is 4.64. The Morgan fingerprint density at radius 1 is 1.56 bits per heavy atom. The van der Waals surface area contributed by atoms with Crippen molar-refractivity contribution in [2.24, 2.45) is 5.41 Å². The van der Waals surface area contributed by atoms with Crippen LogP contribution in [0.1, 0.15) is 26.1 Å². The predicted octanol–water partition coefficient (Wildman–Crippen LogP) is 1.50. The lowest BCUT2D eigenvalue weighted by molar-refractivity contribution is 0.140. The van der Waals surface area contributed by atoms with Gasteiger partial charge in [0.15, 0.2) is 10.6 Å². The van der Waals surface area contributed by atoms with Gasteiger partial charge in [-0.05, 0) is 24.1 Å². The predicted molar refractivity (Wildman–Crippen MR) is 63.6 cm³/mol. The largest absolute Gasteiger partial charge is 0.388 e. The molecule has 1 aromatic heterocycles. The minimum Gasteiger partial charge on any atom is -0.388 e. The van der Waals surface area contributed by atoms with Crippen LogP contribution in [-0.4, -0.2) is 33.6 Å². The van der Waals surface area contributed by atoms with Crippen LogP contribution in [0.3, 0.4) is 0 Å². The molecule has 0 amide bonds. The lowest BCUT2D eigenvalue weighted by Crippen LogP contribution is -2.23. The second-order valence-corrected chi connectivity index (χ2v) is 4.98. The molecule has 0 aromatic carbocycles. The van der Waals surface area contributed by atoms with Crippen LogP contribution < -0.4 is 0 Å². The summed E-state index contributed by atoms with van der Waals surface area (Å²) in [6.07, 6.45) is 0.932. The maximum Gasteiger partial charge on any atom is 0.195 e. The monoisotopic (exact) mass is 245 g/mol. The Balaban J connectivity index is 2.78. The number of aliphatic hydroxyl groups excluding tert-OH is 1. The number of aromatic nitrogens is 3. The van der Waals surface area contributed by atoms with Crippen LogP contribution in [-0.2, 0) is 17.9 Å². The lowest BCUT2D eigenvalue weighted by Gasteiger charge is -2.25. The molecule has 16 heavy (non-hydrogen) atoms. The van der Waals surface area contributed by atoms with Gasteiger partial charge in [0.1, 0.15) is 6.61 Å². The van der Waals surface area contributed by atoms with Crippen molar-refractivity contribution >= 4 is 12.2 Å². The number of methoxy groups -OCH3 is 1. The van der Waals surface area contributed by atoms with E-state index in [2.05, 4.69) is 24.0 Å². The Hall–Kier alpha value is -0.720. The summed E-state index contributed by atoms with van der Waals surface area (Å²) >= 11 is 5.12. The maximum atomic E-state index is 9.13. The Bertz CT molecular complexity index is 384. The molecule has 0 radical (unpaired) electrons. The fraction of sp³-hybridized carbons (Fsp3) is 0.800. The van der Waals surface area contributed by atoms with E-state index in [1.807, 2.05) is 4.57 Å². The molecule has 0 bridgehead atoms. The van der Waals surface area contributed by atoms with E-state index in [0.29, 0.717) is 17.2 Å². The highest BCUT2D eigenvalue weighted by molar-refractivity contribution is 7.71. The van der Waals surface area contributed by atoms with Gasteiger partial charge in [-0.15, -0.1) is 0 Å². The summed E-state index contributed by atoms with van der Waals surface area (Å²) in [5, 5.41) is 15.8. The molecule has 0 aliphatic rings. The van der Waals surface area contributed by atoms with Crippen LogP contribution in [0.4, 0.5) is 0 Å². The van der Waals surface area contributed by atoms with Gasteiger partial charge in [-0.3, -0.25) is 5.10 Å². The molecule has 0 saturated carbocycles. The highest BCUT2D eigenvalue weighted by Crippen LogP contribution is 2.23. The van der Waals surface area contributed by atoms with Gasteiger partial charge in [-0.1, -0.05) is 13.8 Å². The number of ether oxygens (including phenoxy) is 1. The summed E-state index contributed by atoms with van der Waals surface area (Å²) < 4.78 is 7.46. The van der Waals surface area contributed by atoms with Crippen LogP contribution in [0.25, 0.3) is 0 Å². The SMILES string of the molecule is COCCC(C)(C)Cn1c(CO)n[nH]c1=S. The summed E-state index contributed by atoms with van der Waals surface area (Å²) in [5.74, 6) is 0.579. The number of hydrogen-bond donors (Lipinski definition) is 2. The van der Waals surface area contributed by atoms with Gasteiger partial charge >= 0.3 is 0 Å². The van der Waals surface area contributed by atoms with Crippen molar-refractivity contribution in [1.82, 2.24) is 14.8 Å². The summed E-state index contributed by atoms with van der Waals surface area (Å²) in [5.41, 5.74) is 0.0576. The number of aliphatic hydroxyl groups is 1. The normalized spacial score (nSPS) is 12.0. The van der Waals surface area contributed by atoms with E-state index in [-0.39, 0.29) is 12.0 Å². The van der Waals surface area contributed by atoms with Crippen LogP contribution in [0.5, 0.6) is 0 Å². The first-order valence-corrected chi connectivity index (χ1v) is 5.65. The van der Waals surface area contributed by atoms with Crippen LogP contribution in [0.2, 0.25) is 0 Å². The smallest absolute Gasteiger partial charge is 0.195 e. The molecule has 0 unspecified atom stereocenters. The number of aromatic amines is 1. The molecule has 1 heterocycles. The maximum absolute atomic E-state index is 9.13. The second-order valence-electron chi connectivity index (χ2n) is 4.60. The van der Waals surface area contributed by atoms with E-state index in [0.717, 1.165) is 13.0 Å². The van der Waals surface area contributed by atoms with Crippen molar-refractivity contribution in [3.63, 3.8) is 0 Å². The van der Waals surface area contributed by atoms with Gasteiger partial charge in [-0.25, -0.2) is 0 Å². The molecule has 2 N–H and O–H groups in total. The molecule has 0 atom stereocenters. The molecule has 6 heteroatoms. The van der Waals surface area contributed by atoms with E-state index in [1.165, 1.54) is 0 Å². The van der Waals surface area contributed by atoms with Crippen LogP contribution in [0, 0.1) is 10.2 Å². The zero-order valence-electron chi connectivity index (χ0n) is 9.99. The third-order valence-electron chi connectivity index (χ3n) is 2.55. The van der Waals surface area contributed by atoms with E-state index >= 15 is 0 Å². The van der Waals surface area contributed by atoms with E-state index in [9.17, 15) is 0 Å². The first-order valence-electron chi connectivity index (χ1n) is 5.24. The number of hydrogen-bond acceptors (Lipinski definition) is 4. The van der Waals surface area contributed by atoms with Gasteiger partial charge in [0.2, 0.25) is 0 Å². The lowest BCUT2D eigenvalue weighted by atomic mass is 9.89. The quantitative estimate of drug-likeness (QED) is 0.745. The number of rotatable bonds is 6. The molecular weight excluding hydrogens is 226 g/mol. The van der Waals surface area contributed by atoms with E-state index in [1.54, 1.807) is 7.11 Å². The average Bonchev–Trinajstić information content (AvgIpc) is 2.57. The zero-order valence-corrected chi connectivity index (χ0v) is 10.8. The van der Waals surface area contributed by atoms with Gasteiger partial charge in [0, 0.05) is 20.3 Å². The van der Waals surface area contributed by atoms with Crippen molar-refractivity contribution in [3.8, 4) is 0 Å². The third kappa shape index (κ3) is 3.40. The molecular formula is C10H19N3O2S. The van der Waals surface area contributed by atoms with Crippen molar-refractivity contribution in [1.29, 1.82) is 0 Å². The number of nitrogens with one attached hydrogen (secondary N) is 1.